The van der Waals surface area contributed by atoms with Crippen molar-refractivity contribution in [3.05, 3.63) is 88.2 Å². The SMILES string of the molecule is Cc1c(-c2cnc(C(N)=O)c3[nH]c4cc(OCCCO)ccc4c23)cccc1N1Cc2ccc(Cl)cc2C1=O. The van der Waals surface area contributed by atoms with E-state index in [2.05, 4.69) is 9.97 Å². The number of carbonyl (C=O) groups excluding carboxylic acids is 2. The van der Waals surface area contributed by atoms with Crippen molar-refractivity contribution in [2.24, 2.45) is 5.73 Å². The number of benzene rings is 3. The molecule has 0 fully saturated rings. The number of aromatic nitrogens is 2. The Hall–Kier alpha value is -4.40. The predicted octanol–water partition coefficient (Wildman–Crippen LogP) is 5.37. The highest BCUT2D eigenvalue weighted by Crippen LogP contribution is 2.41. The number of primary amides is 1. The molecule has 9 heteroatoms. The van der Waals surface area contributed by atoms with Gasteiger partial charge in [-0.25, -0.2) is 4.98 Å². The van der Waals surface area contributed by atoms with Crippen molar-refractivity contribution in [2.45, 2.75) is 19.9 Å². The Balaban J connectivity index is 1.49. The second-order valence-corrected chi connectivity index (χ2v) is 9.97. The summed E-state index contributed by atoms with van der Waals surface area (Å²) in [6, 6.07) is 16.9. The first-order valence-corrected chi connectivity index (χ1v) is 12.9. The average molecular weight is 541 g/mol. The van der Waals surface area contributed by atoms with Crippen LogP contribution < -0.4 is 15.4 Å². The van der Waals surface area contributed by atoms with Crippen molar-refractivity contribution < 1.29 is 19.4 Å². The van der Waals surface area contributed by atoms with E-state index in [4.69, 9.17) is 27.2 Å². The summed E-state index contributed by atoms with van der Waals surface area (Å²) in [7, 11) is 0. The van der Waals surface area contributed by atoms with E-state index in [0.29, 0.717) is 41.4 Å². The fraction of sp³-hybridized carbons (Fsp3) is 0.167. The number of nitrogens with two attached hydrogens (primary N) is 1. The molecule has 8 nitrogen and oxygen atoms in total. The molecular weight excluding hydrogens is 516 g/mol. The zero-order valence-corrected chi connectivity index (χ0v) is 21.9. The number of aromatic amines is 1. The summed E-state index contributed by atoms with van der Waals surface area (Å²) in [6.45, 7) is 2.87. The van der Waals surface area contributed by atoms with Crippen LogP contribution in [0.25, 0.3) is 32.9 Å². The van der Waals surface area contributed by atoms with E-state index < -0.39 is 5.91 Å². The maximum absolute atomic E-state index is 13.3. The Morgan fingerprint density at radius 3 is 2.79 bits per heavy atom. The maximum Gasteiger partial charge on any atom is 0.269 e. The second kappa shape index (κ2) is 9.72. The number of aliphatic hydroxyl groups is 1. The van der Waals surface area contributed by atoms with E-state index in [9.17, 15) is 9.59 Å². The number of pyridine rings is 1. The number of hydrogen-bond acceptors (Lipinski definition) is 5. The molecule has 6 rings (SSSR count). The molecule has 0 saturated heterocycles. The second-order valence-electron chi connectivity index (χ2n) is 9.54. The summed E-state index contributed by atoms with van der Waals surface area (Å²) >= 11 is 6.16. The molecule has 0 atom stereocenters. The van der Waals surface area contributed by atoms with Crippen molar-refractivity contribution in [3.8, 4) is 16.9 Å². The summed E-state index contributed by atoms with van der Waals surface area (Å²) in [5.41, 5.74) is 12.0. The van der Waals surface area contributed by atoms with Gasteiger partial charge in [0.25, 0.3) is 11.8 Å². The number of rotatable bonds is 7. The van der Waals surface area contributed by atoms with Gasteiger partial charge in [-0.1, -0.05) is 29.8 Å². The van der Waals surface area contributed by atoms with Crippen molar-refractivity contribution in [1.82, 2.24) is 9.97 Å². The molecule has 0 radical (unpaired) electrons. The third kappa shape index (κ3) is 4.18. The molecule has 0 aliphatic carbocycles. The van der Waals surface area contributed by atoms with Gasteiger partial charge in [0.2, 0.25) is 0 Å². The first-order valence-electron chi connectivity index (χ1n) is 12.6. The monoisotopic (exact) mass is 540 g/mol. The predicted molar refractivity (Wildman–Crippen MR) is 151 cm³/mol. The van der Waals surface area contributed by atoms with Gasteiger partial charge in [-0.05, 0) is 53.9 Å². The minimum atomic E-state index is -0.637. The standard InChI is InChI=1S/C30H25ClN4O4/c1-16-20(4-2-5-25(16)35-15-17-6-7-18(31)12-22(17)30(35)38)23-14-33-28(29(32)37)27-26(23)21-9-8-19(13-24(21)34-27)39-11-3-10-36/h2,4-9,12-14,34,36H,3,10-11,15H2,1H3,(H2,32,37). The smallest absolute Gasteiger partial charge is 0.269 e. The number of fused-ring (bicyclic) bond motifs is 4. The van der Waals surface area contributed by atoms with Crippen LogP contribution in [0.3, 0.4) is 0 Å². The highest BCUT2D eigenvalue weighted by atomic mass is 35.5. The molecule has 2 amide bonds. The Morgan fingerprint density at radius 1 is 1.15 bits per heavy atom. The quantitative estimate of drug-likeness (QED) is 0.240. The van der Waals surface area contributed by atoms with Gasteiger partial charge in [0.1, 0.15) is 5.75 Å². The molecule has 39 heavy (non-hydrogen) atoms. The van der Waals surface area contributed by atoms with Gasteiger partial charge in [-0.2, -0.15) is 0 Å². The van der Waals surface area contributed by atoms with Crippen LogP contribution in [-0.4, -0.2) is 40.1 Å². The number of anilines is 1. The van der Waals surface area contributed by atoms with E-state index in [0.717, 1.165) is 44.2 Å². The van der Waals surface area contributed by atoms with Crippen LogP contribution in [0.4, 0.5) is 5.69 Å². The van der Waals surface area contributed by atoms with E-state index in [1.807, 2.05) is 49.4 Å². The number of H-pyrrole nitrogens is 1. The number of ether oxygens (including phenoxy) is 1. The molecule has 3 heterocycles. The molecule has 0 bridgehead atoms. The number of nitrogens with zero attached hydrogens (tertiary/aromatic N) is 2. The van der Waals surface area contributed by atoms with Crippen LogP contribution in [0.5, 0.6) is 5.75 Å². The number of hydrogen-bond donors (Lipinski definition) is 3. The van der Waals surface area contributed by atoms with Crippen LogP contribution in [0.2, 0.25) is 5.02 Å². The zero-order valence-electron chi connectivity index (χ0n) is 21.1. The normalized spacial score (nSPS) is 12.9. The number of amides is 2. The molecule has 3 aromatic carbocycles. The summed E-state index contributed by atoms with van der Waals surface area (Å²) in [4.78, 5) is 35.1. The number of carbonyl (C=O) groups is 2. The molecule has 0 saturated carbocycles. The third-order valence-electron chi connectivity index (χ3n) is 7.17. The number of aliphatic hydroxyl groups excluding tert-OH is 1. The Morgan fingerprint density at radius 2 is 2.00 bits per heavy atom. The van der Waals surface area contributed by atoms with Crippen LogP contribution in [0.15, 0.2) is 60.8 Å². The summed E-state index contributed by atoms with van der Waals surface area (Å²) in [6.07, 6.45) is 2.19. The molecule has 4 N–H and O–H groups in total. The topological polar surface area (TPSA) is 122 Å². The van der Waals surface area contributed by atoms with Gasteiger partial charge < -0.3 is 25.5 Å². The first-order chi connectivity index (χ1) is 18.9. The van der Waals surface area contributed by atoms with Crippen LogP contribution in [-0.2, 0) is 6.54 Å². The molecule has 2 aromatic heterocycles. The van der Waals surface area contributed by atoms with Gasteiger partial charge in [0.05, 0.1) is 24.2 Å². The highest BCUT2D eigenvalue weighted by molar-refractivity contribution is 6.31. The van der Waals surface area contributed by atoms with Crippen molar-refractivity contribution in [1.29, 1.82) is 0 Å². The van der Waals surface area contributed by atoms with E-state index in [1.165, 1.54) is 0 Å². The van der Waals surface area contributed by atoms with Gasteiger partial charge in [0, 0.05) is 57.9 Å². The fourth-order valence-corrected chi connectivity index (χ4v) is 5.48. The Kier molecular flexibility index (Phi) is 6.21. The van der Waals surface area contributed by atoms with E-state index in [-0.39, 0.29) is 18.2 Å². The van der Waals surface area contributed by atoms with Gasteiger partial charge in [-0.3, -0.25) is 9.59 Å². The minimum Gasteiger partial charge on any atom is -0.493 e. The summed E-state index contributed by atoms with van der Waals surface area (Å²) in [5, 5.41) is 11.3. The third-order valence-corrected chi connectivity index (χ3v) is 7.40. The van der Waals surface area contributed by atoms with Gasteiger partial charge >= 0.3 is 0 Å². The van der Waals surface area contributed by atoms with Gasteiger partial charge in [0.15, 0.2) is 5.69 Å². The van der Waals surface area contributed by atoms with E-state index >= 15 is 0 Å². The van der Waals surface area contributed by atoms with Gasteiger partial charge in [-0.15, -0.1) is 0 Å². The lowest BCUT2D eigenvalue weighted by Crippen LogP contribution is -2.24. The van der Waals surface area contributed by atoms with E-state index in [1.54, 1.807) is 23.2 Å². The summed E-state index contributed by atoms with van der Waals surface area (Å²) in [5.74, 6) is -0.0916. The first kappa shape index (κ1) is 24.9. The molecule has 1 aliphatic heterocycles. The molecule has 196 valence electrons. The lowest BCUT2D eigenvalue weighted by molar-refractivity contribution is 0.0988. The largest absolute Gasteiger partial charge is 0.493 e. The zero-order chi connectivity index (χ0) is 27.3. The number of nitrogens with one attached hydrogen (secondary N) is 1. The molecule has 0 spiro atoms. The lowest BCUT2D eigenvalue weighted by atomic mass is 9.95. The average Bonchev–Trinajstić information content (AvgIpc) is 3.46. The molecule has 5 aromatic rings. The van der Waals surface area contributed by atoms with Crippen molar-refractivity contribution in [3.63, 3.8) is 0 Å². The minimum absolute atomic E-state index is 0.0485. The van der Waals surface area contributed by atoms with Crippen LogP contribution in [0, 0.1) is 6.92 Å². The molecular formula is C30H25ClN4O4. The molecule has 0 unspecified atom stereocenters. The van der Waals surface area contributed by atoms with Crippen LogP contribution in [0.1, 0.15) is 38.4 Å². The molecule has 1 aliphatic rings. The highest BCUT2D eigenvalue weighted by Gasteiger charge is 2.30. The fourth-order valence-electron chi connectivity index (χ4n) is 5.30. The lowest BCUT2D eigenvalue weighted by Gasteiger charge is -2.21. The number of halogens is 1. The maximum atomic E-state index is 13.3. The van der Waals surface area contributed by atoms with Crippen molar-refractivity contribution in [2.75, 3.05) is 18.1 Å². The Labute approximate surface area is 229 Å². The summed E-state index contributed by atoms with van der Waals surface area (Å²) < 4.78 is 5.75. The van der Waals surface area contributed by atoms with Crippen molar-refractivity contribution >= 4 is 50.9 Å². The Bertz CT molecular complexity index is 1800. The van der Waals surface area contributed by atoms with Crippen LogP contribution >= 0.6 is 11.6 Å².